The molecule has 0 aromatic heterocycles. The van der Waals surface area contributed by atoms with E-state index in [0.29, 0.717) is 0 Å². The maximum absolute atomic E-state index is 12.4. The lowest BCUT2D eigenvalue weighted by atomic mass is 10.3. The van der Waals surface area contributed by atoms with Crippen LogP contribution in [0.5, 0.6) is 5.75 Å². The summed E-state index contributed by atoms with van der Waals surface area (Å²) in [5.74, 6) is -0.544. The van der Waals surface area contributed by atoms with Crippen molar-refractivity contribution in [3.63, 3.8) is 0 Å². The number of nitrogens with zero attached hydrogens (tertiary/aromatic N) is 1. The number of nitrogens with one attached hydrogen (secondary N) is 1. The van der Waals surface area contributed by atoms with Crippen LogP contribution in [0.2, 0.25) is 5.02 Å². The summed E-state index contributed by atoms with van der Waals surface area (Å²) in [6.45, 7) is 3.86. The molecule has 0 saturated carbocycles. The number of benzene rings is 1. The van der Waals surface area contributed by atoms with Gasteiger partial charge in [0.15, 0.2) is 5.75 Å². The molecule has 0 saturated heterocycles. The average Bonchev–Trinajstić information content (AvgIpc) is 2.43. The van der Waals surface area contributed by atoms with E-state index >= 15 is 0 Å². The van der Waals surface area contributed by atoms with E-state index in [4.69, 9.17) is 11.6 Å². The molecule has 0 fully saturated rings. The van der Waals surface area contributed by atoms with E-state index in [-0.39, 0.29) is 28.7 Å². The summed E-state index contributed by atoms with van der Waals surface area (Å²) < 4.78 is 44.3. The topological polar surface area (TPSA) is 95.9 Å². The van der Waals surface area contributed by atoms with Crippen LogP contribution in [0.3, 0.4) is 0 Å². The number of rotatable bonds is 7. The number of anilines is 1. The summed E-state index contributed by atoms with van der Waals surface area (Å²) in [5.41, 5.74) is 0.156. The van der Waals surface area contributed by atoms with Crippen LogP contribution >= 0.6 is 11.6 Å². The molecule has 1 unspecified atom stereocenters. The van der Waals surface area contributed by atoms with E-state index in [1.54, 1.807) is 13.8 Å². The van der Waals surface area contributed by atoms with Crippen molar-refractivity contribution in [3.8, 4) is 5.75 Å². The van der Waals surface area contributed by atoms with Crippen molar-refractivity contribution in [1.29, 1.82) is 0 Å². The van der Waals surface area contributed by atoms with Gasteiger partial charge in [-0.05, 0) is 12.1 Å². The second kappa shape index (κ2) is 7.41. The molecule has 0 aliphatic heterocycles. The summed E-state index contributed by atoms with van der Waals surface area (Å²) >= 11 is 3.99. The molecule has 1 rings (SSSR count). The van der Waals surface area contributed by atoms with Crippen molar-refractivity contribution in [2.45, 2.75) is 18.7 Å². The molecule has 0 aliphatic carbocycles. The van der Waals surface area contributed by atoms with Crippen molar-refractivity contribution in [2.75, 3.05) is 24.9 Å². The molecule has 0 radical (unpaired) electrons. The van der Waals surface area contributed by atoms with Crippen LogP contribution in [0.1, 0.15) is 13.8 Å². The first-order valence-electron chi connectivity index (χ1n) is 6.03. The van der Waals surface area contributed by atoms with Gasteiger partial charge in [0.2, 0.25) is 10.0 Å². The van der Waals surface area contributed by atoms with Crippen LogP contribution in [0, 0.1) is 0 Å². The monoisotopic (exact) mass is 356 g/mol. The molecule has 2 N–H and O–H groups in total. The van der Waals surface area contributed by atoms with Crippen LogP contribution in [0.4, 0.5) is 5.69 Å². The number of sulfonamides is 1. The molecular formula is C11H17ClN2O5S2. The molecule has 120 valence electrons. The maximum Gasteiger partial charge on any atom is 0.261 e. The Bertz CT molecular complexity index is 632. The number of phenols is 1. The number of halogens is 1. The van der Waals surface area contributed by atoms with Gasteiger partial charge < -0.3 is 5.11 Å². The van der Waals surface area contributed by atoms with Gasteiger partial charge in [0.1, 0.15) is 4.90 Å². The average molecular weight is 357 g/mol. The third kappa shape index (κ3) is 4.07. The van der Waals surface area contributed by atoms with Crippen molar-refractivity contribution >= 4 is 38.6 Å². The highest BCUT2D eigenvalue weighted by Gasteiger charge is 2.27. The van der Waals surface area contributed by atoms with Crippen LogP contribution < -0.4 is 4.72 Å². The van der Waals surface area contributed by atoms with Crippen LogP contribution in [-0.4, -0.2) is 42.2 Å². The standard InChI is InChI=1S/C11H17ClN2O5S2/c1-4-14(5-2)21(17,18)10-7-8(13-20(16)19-3)6-9(12)11(10)15/h6-7,13,15H,4-5H2,1-3H3. The maximum atomic E-state index is 12.4. The molecule has 0 aliphatic rings. The Morgan fingerprint density at radius 2 is 1.95 bits per heavy atom. The van der Waals surface area contributed by atoms with Gasteiger partial charge in [-0.15, -0.1) is 0 Å². The highest BCUT2D eigenvalue weighted by molar-refractivity contribution is 7.89. The highest BCUT2D eigenvalue weighted by Crippen LogP contribution is 2.36. The summed E-state index contributed by atoms with van der Waals surface area (Å²) in [7, 11) is -2.68. The Kier molecular flexibility index (Phi) is 6.41. The predicted molar refractivity (Wildman–Crippen MR) is 82.0 cm³/mol. The summed E-state index contributed by atoms with van der Waals surface area (Å²) in [6.07, 6.45) is 0. The summed E-state index contributed by atoms with van der Waals surface area (Å²) in [6, 6.07) is 2.42. The third-order valence-electron chi connectivity index (χ3n) is 2.70. The van der Waals surface area contributed by atoms with Gasteiger partial charge in [-0.3, -0.25) is 8.91 Å². The highest BCUT2D eigenvalue weighted by atomic mass is 35.5. The number of hydrogen-bond acceptors (Lipinski definition) is 5. The zero-order valence-electron chi connectivity index (χ0n) is 11.8. The van der Waals surface area contributed by atoms with E-state index in [1.165, 1.54) is 17.5 Å². The minimum Gasteiger partial charge on any atom is -0.505 e. The van der Waals surface area contributed by atoms with E-state index in [9.17, 15) is 17.7 Å². The molecule has 7 nitrogen and oxygen atoms in total. The first-order chi connectivity index (χ1) is 9.77. The number of hydrogen-bond donors (Lipinski definition) is 2. The first kappa shape index (κ1) is 18.2. The number of phenolic OH excluding ortho intramolecular Hbond substituents is 1. The predicted octanol–water partition coefficient (Wildman–Crippen LogP) is 1.71. The van der Waals surface area contributed by atoms with Crippen LogP contribution in [-0.2, 0) is 25.5 Å². The fourth-order valence-corrected chi connectivity index (χ4v) is 3.93. The zero-order valence-corrected chi connectivity index (χ0v) is 14.2. The molecular weight excluding hydrogens is 340 g/mol. The third-order valence-corrected chi connectivity index (χ3v) is 5.76. The minimum atomic E-state index is -3.90. The van der Waals surface area contributed by atoms with Gasteiger partial charge in [-0.1, -0.05) is 25.4 Å². The molecule has 0 bridgehead atoms. The molecule has 0 amide bonds. The van der Waals surface area contributed by atoms with Gasteiger partial charge in [-0.25, -0.2) is 12.6 Å². The van der Waals surface area contributed by atoms with Crippen LogP contribution in [0.25, 0.3) is 0 Å². The van der Waals surface area contributed by atoms with Gasteiger partial charge in [0.25, 0.3) is 11.3 Å². The fraction of sp³-hybridized carbons (Fsp3) is 0.455. The zero-order chi connectivity index (χ0) is 16.2. The van der Waals surface area contributed by atoms with Crippen molar-refractivity contribution in [2.24, 2.45) is 0 Å². The normalized spacial score (nSPS) is 13.4. The second-order valence-electron chi connectivity index (χ2n) is 3.90. The Labute approximate surface area is 131 Å². The molecule has 1 aromatic rings. The number of aromatic hydroxyl groups is 1. The summed E-state index contributed by atoms with van der Waals surface area (Å²) in [4.78, 5) is -0.352. The van der Waals surface area contributed by atoms with Crippen molar-refractivity contribution < 1.29 is 21.9 Å². The first-order valence-corrected chi connectivity index (χ1v) is 8.92. The van der Waals surface area contributed by atoms with E-state index in [2.05, 4.69) is 8.91 Å². The van der Waals surface area contributed by atoms with Gasteiger partial charge in [0, 0.05) is 13.1 Å². The quantitative estimate of drug-likeness (QED) is 0.725. The molecule has 1 atom stereocenters. The lowest BCUT2D eigenvalue weighted by molar-refractivity contribution is 0.429. The van der Waals surface area contributed by atoms with Gasteiger partial charge >= 0.3 is 0 Å². The van der Waals surface area contributed by atoms with E-state index in [1.807, 2.05) is 0 Å². The molecule has 0 heterocycles. The Morgan fingerprint density at radius 1 is 1.38 bits per heavy atom. The lowest BCUT2D eigenvalue weighted by Crippen LogP contribution is -2.30. The molecule has 0 spiro atoms. The molecule has 10 heteroatoms. The van der Waals surface area contributed by atoms with E-state index < -0.39 is 27.0 Å². The van der Waals surface area contributed by atoms with Crippen LogP contribution in [0.15, 0.2) is 17.0 Å². The molecule has 1 aromatic carbocycles. The van der Waals surface area contributed by atoms with Crippen molar-refractivity contribution in [1.82, 2.24) is 4.31 Å². The SMILES string of the molecule is CCN(CC)S(=O)(=O)c1cc(NS(=O)OC)cc(Cl)c1O. The Hall–Kier alpha value is -0.870. The largest absolute Gasteiger partial charge is 0.505 e. The summed E-state index contributed by atoms with van der Waals surface area (Å²) in [5, 5.41) is 9.75. The lowest BCUT2D eigenvalue weighted by Gasteiger charge is -2.20. The smallest absolute Gasteiger partial charge is 0.261 e. The van der Waals surface area contributed by atoms with Gasteiger partial charge in [0.05, 0.1) is 17.8 Å². The molecule has 21 heavy (non-hydrogen) atoms. The minimum absolute atomic E-state index is 0.156. The Balaban J connectivity index is 3.38. The Morgan fingerprint density at radius 3 is 2.43 bits per heavy atom. The fourth-order valence-electron chi connectivity index (χ4n) is 1.67. The second-order valence-corrected chi connectivity index (χ2v) is 7.22. The van der Waals surface area contributed by atoms with E-state index in [0.717, 1.165) is 6.07 Å². The van der Waals surface area contributed by atoms with Gasteiger partial charge in [-0.2, -0.15) is 4.31 Å². The van der Waals surface area contributed by atoms with Crippen molar-refractivity contribution in [3.05, 3.63) is 17.2 Å².